The van der Waals surface area contributed by atoms with Crippen LogP contribution in [0, 0.1) is 5.92 Å². The van der Waals surface area contributed by atoms with Crippen LogP contribution >= 0.6 is 0 Å². The highest BCUT2D eigenvalue weighted by molar-refractivity contribution is 6.74. The smallest absolute Gasteiger partial charge is 0.305 e. The van der Waals surface area contributed by atoms with Crippen LogP contribution in [0.15, 0.2) is 36.4 Å². The van der Waals surface area contributed by atoms with Gasteiger partial charge in [0.2, 0.25) is 0 Å². The second kappa shape index (κ2) is 16.5. The lowest BCUT2D eigenvalue weighted by atomic mass is 9.84. The van der Waals surface area contributed by atoms with Crippen molar-refractivity contribution >= 4 is 22.6 Å². The zero-order valence-corrected chi connectivity index (χ0v) is 32.2. The molecule has 7 heteroatoms. The van der Waals surface area contributed by atoms with Gasteiger partial charge in [0.1, 0.15) is 6.17 Å². The third-order valence-corrected chi connectivity index (χ3v) is 19.6. The van der Waals surface area contributed by atoms with Gasteiger partial charge in [-0.15, -0.1) is 0 Å². The van der Waals surface area contributed by atoms with Crippen molar-refractivity contribution in [2.75, 3.05) is 7.11 Å². The van der Waals surface area contributed by atoms with Crippen LogP contribution in [0.3, 0.4) is 0 Å². The van der Waals surface area contributed by atoms with Gasteiger partial charge >= 0.3 is 5.97 Å². The molecule has 0 spiro atoms. The van der Waals surface area contributed by atoms with Crippen LogP contribution in [-0.4, -0.2) is 42.0 Å². The molecule has 1 aromatic carbocycles. The number of esters is 1. The van der Waals surface area contributed by atoms with Crippen molar-refractivity contribution < 1.29 is 22.8 Å². The van der Waals surface area contributed by atoms with E-state index in [1.165, 1.54) is 31.1 Å². The van der Waals surface area contributed by atoms with Crippen molar-refractivity contribution in [1.29, 1.82) is 0 Å². The number of unbranched alkanes of at least 4 members (excludes halogenated alkanes) is 3. The summed E-state index contributed by atoms with van der Waals surface area (Å²) in [5.41, 5.74) is 2.40. The highest BCUT2D eigenvalue weighted by atomic mass is 28.4. The Morgan fingerprint density at radius 2 is 1.57 bits per heavy atom. The molecule has 252 valence electrons. The number of ether oxygens (including phenoxy) is 1. The summed E-state index contributed by atoms with van der Waals surface area (Å²) in [6.45, 7) is 25.1. The Kier molecular flexibility index (Phi) is 14.6. The normalized spacial score (nSPS) is 22.5. The Balaban J connectivity index is 2.37. The molecule has 1 aliphatic carbocycles. The largest absolute Gasteiger partial charge is 0.469 e. The zero-order chi connectivity index (χ0) is 33.3. The van der Waals surface area contributed by atoms with Crippen LogP contribution in [0.2, 0.25) is 36.3 Å². The molecule has 4 nitrogen and oxygen atoms in total. The minimum Gasteiger partial charge on any atom is -0.469 e. The molecule has 0 saturated heterocycles. The van der Waals surface area contributed by atoms with Crippen LogP contribution in [0.1, 0.15) is 129 Å². The van der Waals surface area contributed by atoms with E-state index in [9.17, 15) is 4.79 Å². The number of halogens is 1. The van der Waals surface area contributed by atoms with Gasteiger partial charge in [-0.05, 0) is 73.1 Å². The summed E-state index contributed by atoms with van der Waals surface area (Å²) in [6.07, 6.45) is 10.8. The van der Waals surface area contributed by atoms with Gasteiger partial charge in [0.05, 0.1) is 19.3 Å². The van der Waals surface area contributed by atoms with Crippen molar-refractivity contribution in [1.82, 2.24) is 0 Å². The summed E-state index contributed by atoms with van der Waals surface area (Å²) < 4.78 is 34.6. The molecular formula is C37H65FO4Si2. The summed E-state index contributed by atoms with van der Waals surface area (Å²) >= 11 is 0. The van der Waals surface area contributed by atoms with Crippen molar-refractivity contribution in [3.63, 3.8) is 0 Å². The molecule has 5 atom stereocenters. The highest BCUT2D eigenvalue weighted by Crippen LogP contribution is 2.49. The molecule has 0 aromatic heterocycles. The van der Waals surface area contributed by atoms with Crippen molar-refractivity contribution in [3.05, 3.63) is 47.5 Å². The van der Waals surface area contributed by atoms with E-state index in [-0.39, 0.29) is 40.1 Å². The number of hydrogen-bond donors (Lipinski definition) is 0. The molecule has 1 fully saturated rings. The maximum Gasteiger partial charge on any atom is 0.305 e. The average molecular weight is 649 g/mol. The van der Waals surface area contributed by atoms with E-state index in [4.69, 9.17) is 13.6 Å². The Labute approximate surface area is 272 Å². The SMILES string of the molecule is CCCCCC(O[Si](C)(C)C(C)(C)C)c1ccc([C@@H]2[C@@H](C/C=C\CCCC(=O)OC)[C@H](F)C[C@@H]2O[Si](C)(C)C(C)(C)C)cc1. The van der Waals surface area contributed by atoms with Gasteiger partial charge in [0.15, 0.2) is 16.6 Å². The topological polar surface area (TPSA) is 44.8 Å². The van der Waals surface area contributed by atoms with Crippen LogP contribution in [0.5, 0.6) is 0 Å². The van der Waals surface area contributed by atoms with E-state index in [2.05, 4.69) is 111 Å². The molecule has 1 unspecified atom stereocenters. The van der Waals surface area contributed by atoms with Crippen LogP contribution < -0.4 is 0 Å². The molecule has 0 heterocycles. The van der Waals surface area contributed by atoms with E-state index >= 15 is 4.39 Å². The number of benzene rings is 1. The van der Waals surface area contributed by atoms with E-state index in [1.54, 1.807) is 0 Å². The first-order valence-electron chi connectivity index (χ1n) is 17.2. The molecule has 0 N–H and O–H groups in total. The van der Waals surface area contributed by atoms with Crippen LogP contribution in [0.25, 0.3) is 0 Å². The monoisotopic (exact) mass is 648 g/mol. The van der Waals surface area contributed by atoms with Gasteiger partial charge in [-0.25, -0.2) is 4.39 Å². The lowest BCUT2D eigenvalue weighted by Gasteiger charge is -2.40. The zero-order valence-electron chi connectivity index (χ0n) is 30.2. The highest BCUT2D eigenvalue weighted by Gasteiger charge is 2.49. The Bertz CT molecular complexity index is 1040. The number of alkyl halides is 1. The molecule has 2 rings (SSSR count). The molecule has 0 bridgehead atoms. The molecule has 44 heavy (non-hydrogen) atoms. The molecular weight excluding hydrogens is 584 g/mol. The van der Waals surface area contributed by atoms with E-state index < -0.39 is 22.8 Å². The van der Waals surface area contributed by atoms with E-state index in [1.807, 2.05) is 0 Å². The van der Waals surface area contributed by atoms with Gasteiger partial charge in [0.25, 0.3) is 0 Å². The van der Waals surface area contributed by atoms with Crippen molar-refractivity contribution in [2.45, 2.75) is 167 Å². The number of rotatable bonds is 16. The number of carbonyl (C=O) groups excluding carboxylic acids is 1. The molecule has 0 amide bonds. The predicted molar refractivity (Wildman–Crippen MR) is 189 cm³/mol. The van der Waals surface area contributed by atoms with Gasteiger partial charge in [-0.3, -0.25) is 4.79 Å². The lowest BCUT2D eigenvalue weighted by Crippen LogP contribution is -2.44. The van der Waals surface area contributed by atoms with Gasteiger partial charge in [-0.2, -0.15) is 0 Å². The van der Waals surface area contributed by atoms with Crippen LogP contribution in [-0.2, 0) is 18.4 Å². The Hall–Kier alpha value is -1.29. The second-order valence-electron chi connectivity index (χ2n) is 16.1. The minimum absolute atomic E-state index is 0.00672. The third-order valence-electron chi connectivity index (χ3n) is 10.6. The van der Waals surface area contributed by atoms with Crippen molar-refractivity contribution in [2.24, 2.45) is 5.92 Å². The first kappa shape index (κ1) is 38.9. The summed E-state index contributed by atoms with van der Waals surface area (Å²) in [6, 6.07) is 8.95. The molecule has 1 aliphatic rings. The Morgan fingerprint density at radius 1 is 0.955 bits per heavy atom. The Morgan fingerprint density at radius 3 is 2.11 bits per heavy atom. The van der Waals surface area contributed by atoms with Gasteiger partial charge < -0.3 is 13.6 Å². The fourth-order valence-corrected chi connectivity index (χ4v) is 8.32. The van der Waals surface area contributed by atoms with Gasteiger partial charge in [-0.1, -0.05) is 104 Å². The lowest BCUT2D eigenvalue weighted by molar-refractivity contribution is -0.140. The summed E-state index contributed by atoms with van der Waals surface area (Å²) in [5, 5.41) is 0.196. The molecule has 1 saturated carbocycles. The first-order valence-corrected chi connectivity index (χ1v) is 23.0. The minimum atomic E-state index is -2.10. The number of carbonyl (C=O) groups is 1. The van der Waals surface area contributed by atoms with Gasteiger partial charge in [0, 0.05) is 24.7 Å². The number of methoxy groups -OCH3 is 1. The fourth-order valence-electron chi connectivity index (χ4n) is 5.65. The quantitative estimate of drug-likeness (QED) is 0.0774. The average Bonchev–Trinajstić information content (AvgIpc) is 3.22. The summed E-state index contributed by atoms with van der Waals surface area (Å²) in [4.78, 5) is 11.4. The molecule has 0 radical (unpaired) electrons. The summed E-state index contributed by atoms with van der Waals surface area (Å²) in [7, 11) is -2.64. The number of allylic oxidation sites excluding steroid dienone is 2. The van der Waals surface area contributed by atoms with Crippen molar-refractivity contribution in [3.8, 4) is 0 Å². The maximum atomic E-state index is 15.9. The maximum absolute atomic E-state index is 15.9. The van der Waals surface area contributed by atoms with E-state index in [0.717, 1.165) is 25.7 Å². The first-order chi connectivity index (χ1) is 20.3. The molecule has 1 aromatic rings. The number of hydrogen-bond acceptors (Lipinski definition) is 4. The fraction of sp³-hybridized carbons (Fsp3) is 0.757. The molecule has 0 aliphatic heterocycles. The second-order valence-corrected chi connectivity index (χ2v) is 25.6. The van der Waals surface area contributed by atoms with E-state index in [0.29, 0.717) is 19.3 Å². The predicted octanol–water partition coefficient (Wildman–Crippen LogP) is 11.5. The van der Waals surface area contributed by atoms with Crippen LogP contribution in [0.4, 0.5) is 4.39 Å². The summed E-state index contributed by atoms with van der Waals surface area (Å²) in [5.74, 6) is -0.335. The third kappa shape index (κ3) is 10.9. The standard InChI is InChI=1S/C37H65FO4Si2/c1-13-14-17-21-32(41-43(9,10)36(2,3)4)28-23-25-29(26-24-28)35-30(20-18-15-16-19-22-34(39)40-8)31(38)27-33(35)42-44(11,12)37(5,6)7/h15,18,23-26,30-33,35H,13-14,16-17,19-22,27H2,1-12H3/b18-15-/t30-,31+,32?,33-,35+/m0/s1.